The highest BCUT2D eigenvalue weighted by Crippen LogP contribution is 2.59. The molecule has 0 heteroatoms. The van der Waals surface area contributed by atoms with Crippen LogP contribution in [0.2, 0.25) is 0 Å². The van der Waals surface area contributed by atoms with Crippen molar-refractivity contribution in [3.63, 3.8) is 0 Å². The first-order valence-electron chi connectivity index (χ1n) is 12.5. The molecule has 0 heterocycles. The summed E-state index contributed by atoms with van der Waals surface area (Å²) in [7, 11) is 0. The van der Waals surface area contributed by atoms with Crippen LogP contribution >= 0.6 is 0 Å². The number of fused-ring (bicyclic) bond motifs is 2. The van der Waals surface area contributed by atoms with Crippen LogP contribution in [0, 0.1) is 59.2 Å². The smallest absolute Gasteiger partial charge is 0.0352 e. The predicted octanol–water partition coefficient (Wildman–Crippen LogP) is 8.21. The Morgan fingerprint density at radius 2 is 0.808 bits per heavy atom. The molecule has 0 N–H and O–H groups in total. The number of hydrogen-bond acceptors (Lipinski definition) is 0. The second-order valence-electron chi connectivity index (χ2n) is 10.9. The highest BCUT2D eigenvalue weighted by molar-refractivity contribution is 5.00. The summed E-state index contributed by atoms with van der Waals surface area (Å²) in [6.07, 6.45) is 15.2. The van der Waals surface area contributed by atoms with Crippen molar-refractivity contribution >= 4 is 0 Å². The summed E-state index contributed by atoms with van der Waals surface area (Å²) in [5.74, 6) is 10.5. The summed E-state index contributed by atoms with van der Waals surface area (Å²) in [5, 5.41) is 0. The van der Waals surface area contributed by atoms with E-state index in [0.717, 1.165) is 59.2 Å². The average molecular weight is 361 g/mol. The molecular weight excluding hydrogens is 312 g/mol. The lowest BCUT2D eigenvalue weighted by Crippen LogP contribution is -2.27. The van der Waals surface area contributed by atoms with Crippen LogP contribution in [-0.4, -0.2) is 0 Å². The van der Waals surface area contributed by atoms with Crippen molar-refractivity contribution in [1.29, 1.82) is 0 Å². The largest absolute Gasteiger partial charge is 0.0656 e. The van der Waals surface area contributed by atoms with Crippen molar-refractivity contribution in [3.05, 3.63) is 0 Å². The SMILES string of the molecule is CC1C(C)C(CC2C(C)C(C)C3CCCCC32)C2CCCCC12.CCC. The third-order valence-corrected chi connectivity index (χ3v) is 9.75. The first-order chi connectivity index (χ1) is 12.5. The lowest BCUT2D eigenvalue weighted by atomic mass is 9.70. The van der Waals surface area contributed by atoms with Crippen molar-refractivity contribution in [1.82, 2.24) is 0 Å². The maximum Gasteiger partial charge on any atom is -0.0352 e. The van der Waals surface area contributed by atoms with Gasteiger partial charge in [-0.3, -0.25) is 0 Å². The highest BCUT2D eigenvalue weighted by Gasteiger charge is 2.51. The minimum atomic E-state index is 0.994. The Morgan fingerprint density at radius 1 is 0.500 bits per heavy atom. The minimum absolute atomic E-state index is 0.994. The molecule has 4 aliphatic rings. The van der Waals surface area contributed by atoms with Gasteiger partial charge >= 0.3 is 0 Å². The van der Waals surface area contributed by atoms with E-state index in [1.54, 1.807) is 32.1 Å². The monoisotopic (exact) mass is 360 g/mol. The van der Waals surface area contributed by atoms with Gasteiger partial charge in [0, 0.05) is 0 Å². The summed E-state index contributed by atoms with van der Waals surface area (Å²) in [5.41, 5.74) is 0. The highest BCUT2D eigenvalue weighted by atomic mass is 14.6. The summed E-state index contributed by atoms with van der Waals surface area (Å²) in [6.45, 7) is 14.7. The zero-order chi connectivity index (χ0) is 18.8. The van der Waals surface area contributed by atoms with E-state index in [0.29, 0.717) is 0 Å². The molecule has 0 aromatic carbocycles. The number of rotatable bonds is 2. The molecule has 4 aliphatic carbocycles. The van der Waals surface area contributed by atoms with Crippen LogP contribution in [0.5, 0.6) is 0 Å². The van der Waals surface area contributed by atoms with Crippen molar-refractivity contribution < 1.29 is 0 Å². The molecule has 152 valence electrons. The minimum Gasteiger partial charge on any atom is -0.0656 e. The molecule has 0 aromatic rings. The van der Waals surface area contributed by atoms with Crippen LogP contribution in [0.4, 0.5) is 0 Å². The molecule has 0 saturated heterocycles. The van der Waals surface area contributed by atoms with Gasteiger partial charge in [0.05, 0.1) is 0 Å². The van der Waals surface area contributed by atoms with E-state index >= 15 is 0 Å². The van der Waals surface area contributed by atoms with Crippen molar-refractivity contribution in [2.45, 2.75) is 106 Å². The van der Waals surface area contributed by atoms with E-state index in [2.05, 4.69) is 41.5 Å². The second kappa shape index (κ2) is 9.00. The van der Waals surface area contributed by atoms with E-state index in [1.807, 2.05) is 0 Å². The maximum atomic E-state index is 2.62. The summed E-state index contributed by atoms with van der Waals surface area (Å²) in [6, 6.07) is 0. The Morgan fingerprint density at radius 3 is 1.15 bits per heavy atom. The van der Waals surface area contributed by atoms with Crippen LogP contribution < -0.4 is 0 Å². The molecule has 0 amide bonds. The number of hydrogen-bond donors (Lipinski definition) is 0. The fourth-order valence-corrected chi connectivity index (χ4v) is 8.18. The van der Waals surface area contributed by atoms with E-state index in [9.17, 15) is 0 Å². The van der Waals surface area contributed by atoms with Crippen LogP contribution in [0.1, 0.15) is 106 Å². The van der Waals surface area contributed by atoms with Gasteiger partial charge < -0.3 is 0 Å². The zero-order valence-corrected chi connectivity index (χ0v) is 18.8. The first-order valence-corrected chi connectivity index (χ1v) is 12.5. The third kappa shape index (κ3) is 3.77. The van der Waals surface area contributed by atoms with E-state index in [-0.39, 0.29) is 0 Å². The summed E-state index contributed by atoms with van der Waals surface area (Å²) in [4.78, 5) is 0. The molecule has 10 unspecified atom stereocenters. The molecule has 0 spiro atoms. The van der Waals surface area contributed by atoms with Gasteiger partial charge in [-0.1, -0.05) is 73.6 Å². The van der Waals surface area contributed by atoms with E-state index in [1.165, 1.54) is 32.1 Å². The average Bonchev–Trinajstić information content (AvgIpc) is 3.04. The fourth-order valence-electron chi connectivity index (χ4n) is 8.18. The molecule has 10 atom stereocenters. The molecule has 0 aromatic heterocycles. The molecule has 26 heavy (non-hydrogen) atoms. The Hall–Kier alpha value is 0. The Kier molecular flexibility index (Phi) is 7.17. The first kappa shape index (κ1) is 20.7. The van der Waals surface area contributed by atoms with Gasteiger partial charge in [0.1, 0.15) is 0 Å². The van der Waals surface area contributed by atoms with Crippen LogP contribution in [0.3, 0.4) is 0 Å². The van der Waals surface area contributed by atoms with Crippen molar-refractivity contribution in [2.24, 2.45) is 59.2 Å². The van der Waals surface area contributed by atoms with Crippen molar-refractivity contribution in [3.8, 4) is 0 Å². The topological polar surface area (TPSA) is 0 Å². The second-order valence-corrected chi connectivity index (χ2v) is 10.9. The predicted molar refractivity (Wildman–Crippen MR) is 115 cm³/mol. The summed E-state index contributed by atoms with van der Waals surface area (Å²) >= 11 is 0. The van der Waals surface area contributed by atoms with Gasteiger partial charge in [0.2, 0.25) is 0 Å². The Bertz CT molecular complexity index is 388. The van der Waals surface area contributed by atoms with E-state index in [4.69, 9.17) is 0 Å². The molecular formula is C26H48. The van der Waals surface area contributed by atoms with Crippen LogP contribution in [0.25, 0.3) is 0 Å². The lowest BCUT2D eigenvalue weighted by molar-refractivity contribution is 0.140. The normalized spacial score (nSPS) is 50.5. The Labute approximate surface area is 165 Å². The quantitative estimate of drug-likeness (QED) is 0.465. The molecule has 0 aliphatic heterocycles. The van der Waals surface area contributed by atoms with E-state index < -0.39 is 0 Å². The fraction of sp³-hybridized carbons (Fsp3) is 1.00. The molecule has 4 rings (SSSR count). The van der Waals surface area contributed by atoms with Crippen LogP contribution in [0.15, 0.2) is 0 Å². The van der Waals surface area contributed by atoms with Gasteiger partial charge in [0.25, 0.3) is 0 Å². The van der Waals surface area contributed by atoms with Crippen molar-refractivity contribution in [2.75, 3.05) is 0 Å². The van der Waals surface area contributed by atoms with Crippen LogP contribution in [-0.2, 0) is 0 Å². The van der Waals surface area contributed by atoms with Gasteiger partial charge in [-0.2, -0.15) is 0 Å². The zero-order valence-electron chi connectivity index (χ0n) is 18.8. The van der Waals surface area contributed by atoms with Gasteiger partial charge in [-0.15, -0.1) is 0 Å². The molecule has 0 nitrogen and oxygen atoms in total. The molecule has 4 saturated carbocycles. The Balaban J connectivity index is 0.000000613. The van der Waals surface area contributed by atoms with Gasteiger partial charge in [0.15, 0.2) is 0 Å². The third-order valence-electron chi connectivity index (χ3n) is 9.75. The molecule has 4 fully saturated rings. The molecule has 0 radical (unpaired) electrons. The van der Waals surface area contributed by atoms with Gasteiger partial charge in [-0.05, 0) is 91.3 Å². The lowest BCUT2D eigenvalue weighted by Gasteiger charge is -2.36. The maximum absolute atomic E-state index is 2.62. The van der Waals surface area contributed by atoms with Gasteiger partial charge in [-0.25, -0.2) is 0 Å². The standard InChI is InChI=1S/C23H40.C3H8/c1-14-16(3)22(20-11-7-5-9-18(14)20)13-23-17(4)15(2)19-10-6-8-12-21(19)23;1-3-2/h14-23H,5-13H2,1-4H3;3H2,1-2H3. The summed E-state index contributed by atoms with van der Waals surface area (Å²) < 4.78 is 0. The molecule has 0 bridgehead atoms.